The van der Waals surface area contributed by atoms with Crippen molar-refractivity contribution in [3.05, 3.63) is 0 Å². The SMILES string of the molecule is CC1COCNC(=O)C1C. The molecular weight excluding hydrogens is 130 g/mol. The number of carbonyl (C=O) groups is 1. The van der Waals surface area contributed by atoms with Crippen molar-refractivity contribution in [3.63, 3.8) is 0 Å². The predicted molar refractivity (Wildman–Crippen MR) is 37.3 cm³/mol. The van der Waals surface area contributed by atoms with Crippen LogP contribution in [0.3, 0.4) is 0 Å². The Balaban J connectivity index is 2.55. The minimum atomic E-state index is 0.0856. The van der Waals surface area contributed by atoms with Crippen LogP contribution >= 0.6 is 0 Å². The lowest BCUT2D eigenvalue weighted by molar-refractivity contribution is -0.125. The minimum absolute atomic E-state index is 0.0856. The Morgan fingerprint density at radius 1 is 1.60 bits per heavy atom. The van der Waals surface area contributed by atoms with Crippen molar-refractivity contribution in [2.45, 2.75) is 13.8 Å². The van der Waals surface area contributed by atoms with Crippen LogP contribution in [0, 0.1) is 11.8 Å². The van der Waals surface area contributed by atoms with Gasteiger partial charge in [0.15, 0.2) is 0 Å². The molecule has 3 heteroatoms. The van der Waals surface area contributed by atoms with Gasteiger partial charge in [-0.2, -0.15) is 0 Å². The monoisotopic (exact) mass is 143 g/mol. The van der Waals surface area contributed by atoms with E-state index >= 15 is 0 Å². The van der Waals surface area contributed by atoms with E-state index in [0.717, 1.165) is 0 Å². The highest BCUT2D eigenvalue weighted by molar-refractivity contribution is 5.78. The topological polar surface area (TPSA) is 38.3 Å². The third kappa shape index (κ3) is 1.48. The second-order valence-electron chi connectivity index (χ2n) is 2.82. The van der Waals surface area contributed by atoms with Gasteiger partial charge in [0, 0.05) is 5.92 Å². The lowest BCUT2D eigenvalue weighted by atomic mass is 9.97. The van der Waals surface area contributed by atoms with Crippen molar-refractivity contribution in [1.29, 1.82) is 0 Å². The Kier molecular flexibility index (Phi) is 2.27. The van der Waals surface area contributed by atoms with E-state index in [1.165, 1.54) is 0 Å². The van der Waals surface area contributed by atoms with E-state index < -0.39 is 0 Å². The number of amides is 1. The molecule has 0 radical (unpaired) electrons. The predicted octanol–water partition coefficient (Wildman–Crippen LogP) is 0.362. The van der Waals surface area contributed by atoms with Gasteiger partial charge in [0.05, 0.1) is 6.61 Å². The molecule has 1 rings (SSSR count). The van der Waals surface area contributed by atoms with Gasteiger partial charge in [0.1, 0.15) is 6.73 Å². The van der Waals surface area contributed by atoms with Crippen LogP contribution in [0.4, 0.5) is 0 Å². The van der Waals surface area contributed by atoms with E-state index in [9.17, 15) is 4.79 Å². The van der Waals surface area contributed by atoms with Gasteiger partial charge in [-0.25, -0.2) is 0 Å². The third-order valence-electron chi connectivity index (χ3n) is 2.00. The first-order valence-electron chi connectivity index (χ1n) is 3.57. The molecular formula is C7H13NO2. The standard InChI is InChI=1S/C7H13NO2/c1-5-3-10-4-8-7(9)6(5)2/h5-6H,3-4H2,1-2H3,(H,8,9). The number of hydrogen-bond donors (Lipinski definition) is 1. The van der Waals surface area contributed by atoms with Crippen LogP contribution in [0.15, 0.2) is 0 Å². The van der Waals surface area contributed by atoms with Crippen molar-refractivity contribution in [2.75, 3.05) is 13.3 Å². The van der Waals surface area contributed by atoms with Crippen molar-refractivity contribution in [3.8, 4) is 0 Å². The zero-order valence-corrected chi connectivity index (χ0v) is 6.39. The highest BCUT2D eigenvalue weighted by Crippen LogP contribution is 2.13. The number of hydrogen-bond acceptors (Lipinski definition) is 2. The van der Waals surface area contributed by atoms with E-state index in [1.54, 1.807) is 0 Å². The molecule has 0 aromatic heterocycles. The molecule has 1 amide bonds. The summed E-state index contributed by atoms with van der Waals surface area (Å²) in [5.74, 6) is 0.523. The van der Waals surface area contributed by atoms with Crippen LogP contribution in [0.2, 0.25) is 0 Å². The van der Waals surface area contributed by atoms with Crippen LogP contribution in [0.5, 0.6) is 0 Å². The molecule has 1 heterocycles. The molecule has 0 saturated carbocycles. The molecule has 0 bridgehead atoms. The summed E-state index contributed by atoms with van der Waals surface area (Å²) in [4.78, 5) is 11.0. The smallest absolute Gasteiger partial charge is 0.224 e. The lowest BCUT2D eigenvalue weighted by Gasteiger charge is -2.11. The quantitative estimate of drug-likeness (QED) is 0.531. The lowest BCUT2D eigenvalue weighted by Crippen LogP contribution is -2.29. The second kappa shape index (κ2) is 3.01. The Labute approximate surface area is 60.7 Å². The van der Waals surface area contributed by atoms with Gasteiger partial charge < -0.3 is 10.1 Å². The van der Waals surface area contributed by atoms with E-state index in [2.05, 4.69) is 5.32 Å². The first-order valence-corrected chi connectivity index (χ1v) is 3.57. The Morgan fingerprint density at radius 3 is 3.00 bits per heavy atom. The number of ether oxygens (including phenoxy) is 1. The van der Waals surface area contributed by atoms with Crippen LogP contribution in [-0.4, -0.2) is 19.2 Å². The summed E-state index contributed by atoms with van der Waals surface area (Å²) in [5, 5.41) is 2.66. The molecule has 0 aromatic rings. The number of nitrogens with one attached hydrogen (secondary N) is 1. The zero-order chi connectivity index (χ0) is 7.56. The van der Waals surface area contributed by atoms with E-state index in [4.69, 9.17) is 4.74 Å². The molecule has 2 unspecified atom stereocenters. The van der Waals surface area contributed by atoms with Gasteiger partial charge in [-0.3, -0.25) is 4.79 Å². The second-order valence-corrected chi connectivity index (χ2v) is 2.82. The Hall–Kier alpha value is -0.570. The zero-order valence-electron chi connectivity index (χ0n) is 6.39. The molecule has 0 aromatic carbocycles. The molecule has 58 valence electrons. The molecule has 1 fully saturated rings. The van der Waals surface area contributed by atoms with Gasteiger partial charge in [-0.15, -0.1) is 0 Å². The fourth-order valence-electron chi connectivity index (χ4n) is 0.931. The molecule has 1 aliphatic heterocycles. The first-order chi connectivity index (χ1) is 4.72. The molecule has 1 saturated heterocycles. The fourth-order valence-corrected chi connectivity index (χ4v) is 0.931. The summed E-state index contributed by atoms with van der Waals surface area (Å²) < 4.78 is 5.12. The number of carbonyl (C=O) groups excluding carboxylic acids is 1. The van der Waals surface area contributed by atoms with Gasteiger partial charge in [0.2, 0.25) is 5.91 Å². The van der Waals surface area contributed by atoms with Crippen LogP contribution in [0.25, 0.3) is 0 Å². The maximum Gasteiger partial charge on any atom is 0.224 e. The van der Waals surface area contributed by atoms with Crippen molar-refractivity contribution < 1.29 is 9.53 Å². The first kappa shape index (κ1) is 7.54. The third-order valence-corrected chi connectivity index (χ3v) is 2.00. The largest absolute Gasteiger partial charge is 0.361 e. The van der Waals surface area contributed by atoms with E-state index in [-0.39, 0.29) is 11.8 Å². The normalized spacial score (nSPS) is 34.8. The summed E-state index contributed by atoms with van der Waals surface area (Å²) in [7, 11) is 0. The van der Waals surface area contributed by atoms with E-state index in [1.807, 2.05) is 13.8 Å². The van der Waals surface area contributed by atoms with Crippen molar-refractivity contribution in [2.24, 2.45) is 11.8 Å². The van der Waals surface area contributed by atoms with Gasteiger partial charge >= 0.3 is 0 Å². The maximum absolute atomic E-state index is 11.0. The van der Waals surface area contributed by atoms with Gasteiger partial charge in [-0.05, 0) is 5.92 Å². The summed E-state index contributed by atoms with van der Waals surface area (Å²) >= 11 is 0. The highest BCUT2D eigenvalue weighted by Gasteiger charge is 2.22. The molecule has 3 nitrogen and oxygen atoms in total. The highest BCUT2D eigenvalue weighted by atomic mass is 16.5. The van der Waals surface area contributed by atoms with Crippen LogP contribution < -0.4 is 5.32 Å². The number of rotatable bonds is 0. The van der Waals surface area contributed by atoms with E-state index in [0.29, 0.717) is 19.3 Å². The fraction of sp³-hybridized carbons (Fsp3) is 0.857. The molecule has 0 aliphatic carbocycles. The molecule has 1 N–H and O–H groups in total. The van der Waals surface area contributed by atoms with Crippen molar-refractivity contribution in [1.82, 2.24) is 5.32 Å². The Morgan fingerprint density at radius 2 is 2.30 bits per heavy atom. The average Bonchev–Trinajstić information content (AvgIpc) is 2.04. The summed E-state index contributed by atoms with van der Waals surface area (Å²) in [6, 6.07) is 0. The summed E-state index contributed by atoms with van der Waals surface area (Å²) in [5.41, 5.74) is 0. The molecule has 10 heavy (non-hydrogen) atoms. The molecule has 0 spiro atoms. The summed E-state index contributed by atoms with van der Waals surface area (Å²) in [6.45, 7) is 5.00. The average molecular weight is 143 g/mol. The Bertz CT molecular complexity index is 136. The van der Waals surface area contributed by atoms with Crippen LogP contribution in [0.1, 0.15) is 13.8 Å². The van der Waals surface area contributed by atoms with Crippen molar-refractivity contribution >= 4 is 5.91 Å². The van der Waals surface area contributed by atoms with Crippen LogP contribution in [-0.2, 0) is 9.53 Å². The molecule has 1 aliphatic rings. The van der Waals surface area contributed by atoms with Gasteiger partial charge in [0.25, 0.3) is 0 Å². The molecule has 2 atom stereocenters. The summed E-state index contributed by atoms with van der Waals surface area (Å²) in [6.07, 6.45) is 0. The van der Waals surface area contributed by atoms with Gasteiger partial charge in [-0.1, -0.05) is 13.8 Å². The maximum atomic E-state index is 11.0. The minimum Gasteiger partial charge on any atom is -0.361 e.